The molecule has 2 unspecified atom stereocenters. The van der Waals surface area contributed by atoms with Crippen molar-refractivity contribution < 1.29 is 9.59 Å². The summed E-state index contributed by atoms with van der Waals surface area (Å²) in [6.45, 7) is 0. The summed E-state index contributed by atoms with van der Waals surface area (Å²) in [6, 6.07) is 0.331. The monoisotopic (exact) mass is 238 g/mol. The molecule has 0 aromatic rings. The number of nitrogens with two attached hydrogens (primary N) is 1. The van der Waals surface area contributed by atoms with Crippen LogP contribution in [0.4, 0.5) is 0 Å². The zero-order valence-corrected chi connectivity index (χ0v) is 10.3. The van der Waals surface area contributed by atoms with Crippen molar-refractivity contribution >= 4 is 11.8 Å². The van der Waals surface area contributed by atoms with Crippen LogP contribution in [0, 0.1) is 11.8 Å². The number of rotatable bonds is 3. The first kappa shape index (κ1) is 12.4. The molecule has 0 radical (unpaired) electrons. The van der Waals surface area contributed by atoms with Crippen LogP contribution in [-0.2, 0) is 9.59 Å². The van der Waals surface area contributed by atoms with Gasteiger partial charge in [-0.1, -0.05) is 25.7 Å². The molecule has 0 heterocycles. The maximum Gasteiger partial charge on any atom is 0.224 e. The van der Waals surface area contributed by atoms with Gasteiger partial charge in [-0.3, -0.25) is 9.59 Å². The molecule has 3 N–H and O–H groups in total. The predicted molar refractivity (Wildman–Crippen MR) is 65.0 cm³/mol. The number of primary amides is 1. The van der Waals surface area contributed by atoms with E-state index in [-0.39, 0.29) is 23.7 Å². The highest BCUT2D eigenvalue weighted by Gasteiger charge is 2.35. The lowest BCUT2D eigenvalue weighted by Gasteiger charge is -2.29. The van der Waals surface area contributed by atoms with E-state index < -0.39 is 0 Å². The molecule has 2 fully saturated rings. The van der Waals surface area contributed by atoms with Gasteiger partial charge in [0.25, 0.3) is 0 Å². The van der Waals surface area contributed by atoms with Crippen LogP contribution < -0.4 is 11.1 Å². The summed E-state index contributed by atoms with van der Waals surface area (Å²) in [6.07, 6.45) is 8.21. The van der Waals surface area contributed by atoms with Crippen molar-refractivity contribution in [1.29, 1.82) is 0 Å². The Hall–Kier alpha value is -1.06. The Kier molecular flexibility index (Phi) is 4.02. The molecular weight excluding hydrogens is 216 g/mol. The van der Waals surface area contributed by atoms with Gasteiger partial charge < -0.3 is 11.1 Å². The molecule has 2 atom stereocenters. The fraction of sp³-hybridized carbons (Fsp3) is 0.846. The highest BCUT2D eigenvalue weighted by atomic mass is 16.2. The molecule has 17 heavy (non-hydrogen) atoms. The quantitative estimate of drug-likeness (QED) is 0.778. The van der Waals surface area contributed by atoms with Crippen molar-refractivity contribution in [2.75, 3.05) is 0 Å². The van der Waals surface area contributed by atoms with Gasteiger partial charge >= 0.3 is 0 Å². The van der Waals surface area contributed by atoms with E-state index in [2.05, 4.69) is 5.32 Å². The van der Waals surface area contributed by atoms with E-state index in [1.165, 1.54) is 12.8 Å². The summed E-state index contributed by atoms with van der Waals surface area (Å²) in [5, 5.41) is 3.09. The van der Waals surface area contributed by atoms with Gasteiger partial charge in [-0.05, 0) is 25.7 Å². The Morgan fingerprint density at radius 2 is 1.41 bits per heavy atom. The molecule has 2 aliphatic carbocycles. The van der Waals surface area contributed by atoms with E-state index in [0.717, 1.165) is 38.5 Å². The number of carbonyl (C=O) groups is 2. The van der Waals surface area contributed by atoms with Crippen molar-refractivity contribution in [2.45, 2.75) is 57.4 Å². The lowest BCUT2D eigenvalue weighted by Crippen LogP contribution is -2.44. The van der Waals surface area contributed by atoms with Gasteiger partial charge in [0.05, 0.1) is 0 Å². The molecule has 96 valence electrons. The van der Waals surface area contributed by atoms with E-state index in [1.807, 2.05) is 0 Å². The minimum absolute atomic E-state index is 0.0559. The smallest absolute Gasteiger partial charge is 0.224 e. The first-order chi connectivity index (χ1) is 8.18. The summed E-state index contributed by atoms with van der Waals surface area (Å²) >= 11 is 0. The third-order valence-electron chi connectivity index (χ3n) is 4.17. The van der Waals surface area contributed by atoms with Crippen LogP contribution in [-0.4, -0.2) is 17.9 Å². The number of nitrogens with one attached hydrogen (secondary N) is 1. The standard InChI is InChI=1S/C13H22N2O2/c14-12(16)10-7-3-4-8-11(10)13(17)15-9-5-1-2-6-9/h9-11H,1-8H2,(H2,14,16)(H,15,17). The maximum atomic E-state index is 12.2. The molecule has 0 spiro atoms. The summed E-state index contributed by atoms with van der Waals surface area (Å²) < 4.78 is 0. The Morgan fingerprint density at radius 3 is 2.00 bits per heavy atom. The van der Waals surface area contributed by atoms with Gasteiger partial charge in [-0.15, -0.1) is 0 Å². The maximum absolute atomic E-state index is 12.2. The van der Waals surface area contributed by atoms with Gasteiger partial charge in [0.1, 0.15) is 0 Å². The number of hydrogen-bond donors (Lipinski definition) is 2. The van der Waals surface area contributed by atoms with Gasteiger partial charge in [0.2, 0.25) is 11.8 Å². The van der Waals surface area contributed by atoms with Crippen LogP contribution in [0.2, 0.25) is 0 Å². The van der Waals surface area contributed by atoms with Crippen molar-refractivity contribution in [3.8, 4) is 0 Å². The lowest BCUT2D eigenvalue weighted by atomic mass is 9.78. The minimum atomic E-state index is -0.309. The lowest BCUT2D eigenvalue weighted by molar-refractivity contribution is -0.135. The first-order valence-electron chi connectivity index (χ1n) is 6.78. The summed E-state index contributed by atoms with van der Waals surface area (Å²) in [5.74, 6) is -0.677. The molecule has 0 aliphatic heterocycles. The molecule has 0 saturated heterocycles. The fourth-order valence-electron chi connectivity index (χ4n) is 3.16. The molecular formula is C13H22N2O2. The van der Waals surface area contributed by atoms with E-state index in [9.17, 15) is 9.59 Å². The van der Waals surface area contributed by atoms with Crippen molar-refractivity contribution in [3.63, 3.8) is 0 Å². The second kappa shape index (κ2) is 5.52. The van der Waals surface area contributed by atoms with Gasteiger partial charge in [0.15, 0.2) is 0 Å². The van der Waals surface area contributed by atoms with E-state index in [4.69, 9.17) is 5.73 Å². The van der Waals surface area contributed by atoms with Crippen LogP contribution in [0.1, 0.15) is 51.4 Å². The predicted octanol–water partition coefficient (Wildman–Crippen LogP) is 1.34. The number of carbonyl (C=O) groups excluding carboxylic acids is 2. The first-order valence-corrected chi connectivity index (χ1v) is 6.78. The molecule has 4 heteroatoms. The Balaban J connectivity index is 1.93. The van der Waals surface area contributed by atoms with Crippen LogP contribution in [0.3, 0.4) is 0 Å². The largest absolute Gasteiger partial charge is 0.369 e. The van der Waals surface area contributed by atoms with Crippen LogP contribution >= 0.6 is 0 Å². The second-order valence-electron chi connectivity index (χ2n) is 5.39. The minimum Gasteiger partial charge on any atom is -0.369 e. The van der Waals surface area contributed by atoms with E-state index in [0.29, 0.717) is 6.04 Å². The summed E-state index contributed by atoms with van der Waals surface area (Å²) in [7, 11) is 0. The molecule has 2 amide bonds. The fourth-order valence-corrected chi connectivity index (χ4v) is 3.16. The summed E-state index contributed by atoms with van der Waals surface area (Å²) in [4.78, 5) is 23.5. The van der Waals surface area contributed by atoms with E-state index >= 15 is 0 Å². The Morgan fingerprint density at radius 1 is 0.882 bits per heavy atom. The van der Waals surface area contributed by atoms with Crippen LogP contribution in [0.15, 0.2) is 0 Å². The third-order valence-corrected chi connectivity index (χ3v) is 4.17. The highest BCUT2D eigenvalue weighted by molar-refractivity contribution is 5.87. The number of amides is 2. The normalized spacial score (nSPS) is 30.1. The molecule has 0 bridgehead atoms. The second-order valence-corrected chi connectivity index (χ2v) is 5.39. The average Bonchev–Trinajstić information content (AvgIpc) is 2.81. The third kappa shape index (κ3) is 2.99. The zero-order valence-electron chi connectivity index (χ0n) is 10.3. The van der Waals surface area contributed by atoms with E-state index in [1.54, 1.807) is 0 Å². The van der Waals surface area contributed by atoms with Crippen molar-refractivity contribution in [2.24, 2.45) is 17.6 Å². The van der Waals surface area contributed by atoms with Crippen molar-refractivity contribution in [3.05, 3.63) is 0 Å². The van der Waals surface area contributed by atoms with Gasteiger partial charge in [-0.2, -0.15) is 0 Å². The molecule has 4 nitrogen and oxygen atoms in total. The average molecular weight is 238 g/mol. The van der Waals surface area contributed by atoms with Crippen LogP contribution in [0.5, 0.6) is 0 Å². The molecule has 0 aromatic heterocycles. The van der Waals surface area contributed by atoms with Crippen LogP contribution in [0.25, 0.3) is 0 Å². The topological polar surface area (TPSA) is 72.2 Å². The SMILES string of the molecule is NC(=O)C1CCCCC1C(=O)NC1CCCC1. The highest BCUT2D eigenvalue weighted by Crippen LogP contribution is 2.30. The molecule has 0 aromatic carbocycles. The Bertz CT molecular complexity index is 298. The van der Waals surface area contributed by atoms with Gasteiger partial charge in [-0.25, -0.2) is 0 Å². The Labute approximate surface area is 102 Å². The molecule has 2 rings (SSSR count). The van der Waals surface area contributed by atoms with Crippen molar-refractivity contribution in [1.82, 2.24) is 5.32 Å². The zero-order chi connectivity index (χ0) is 12.3. The van der Waals surface area contributed by atoms with Gasteiger partial charge in [0, 0.05) is 17.9 Å². The summed E-state index contributed by atoms with van der Waals surface area (Å²) in [5.41, 5.74) is 5.38. The molecule has 2 saturated carbocycles. The number of hydrogen-bond acceptors (Lipinski definition) is 2. The molecule has 2 aliphatic rings.